The van der Waals surface area contributed by atoms with E-state index in [0.29, 0.717) is 5.75 Å². The molecule has 0 aliphatic rings. The van der Waals surface area contributed by atoms with Gasteiger partial charge in [-0.1, -0.05) is 18.2 Å². The highest BCUT2D eigenvalue weighted by Gasteiger charge is 2.16. The second-order valence-electron chi connectivity index (χ2n) is 3.72. The van der Waals surface area contributed by atoms with Crippen LogP contribution in [0.4, 0.5) is 0 Å². The SMILES string of the molecule is CC(C)OC(=O)C(N)CSc1ccccc1. The number of rotatable bonds is 5. The first-order chi connectivity index (χ1) is 7.59. The molecule has 0 aromatic heterocycles. The Hall–Kier alpha value is -1.00. The third kappa shape index (κ3) is 4.68. The molecule has 2 N–H and O–H groups in total. The molecule has 0 saturated carbocycles. The van der Waals surface area contributed by atoms with Crippen molar-refractivity contribution >= 4 is 17.7 Å². The smallest absolute Gasteiger partial charge is 0.324 e. The van der Waals surface area contributed by atoms with Gasteiger partial charge in [-0.05, 0) is 26.0 Å². The Morgan fingerprint density at radius 3 is 2.56 bits per heavy atom. The summed E-state index contributed by atoms with van der Waals surface area (Å²) in [5, 5.41) is 0. The van der Waals surface area contributed by atoms with Gasteiger partial charge in [-0.2, -0.15) is 0 Å². The molecule has 0 aliphatic carbocycles. The summed E-state index contributed by atoms with van der Waals surface area (Å²) in [4.78, 5) is 12.5. The van der Waals surface area contributed by atoms with Crippen LogP contribution >= 0.6 is 11.8 Å². The summed E-state index contributed by atoms with van der Waals surface area (Å²) in [5.74, 6) is 0.202. The Morgan fingerprint density at radius 2 is 2.00 bits per heavy atom. The summed E-state index contributed by atoms with van der Waals surface area (Å²) in [6, 6.07) is 9.29. The van der Waals surface area contributed by atoms with Crippen LogP contribution in [-0.4, -0.2) is 23.9 Å². The second-order valence-corrected chi connectivity index (χ2v) is 4.81. The summed E-state index contributed by atoms with van der Waals surface area (Å²) < 4.78 is 5.02. The first-order valence-corrected chi connectivity index (χ1v) is 6.22. The van der Waals surface area contributed by atoms with Gasteiger partial charge in [-0.25, -0.2) is 0 Å². The van der Waals surface area contributed by atoms with Crippen LogP contribution in [0.2, 0.25) is 0 Å². The average Bonchev–Trinajstić information content (AvgIpc) is 2.26. The van der Waals surface area contributed by atoms with E-state index in [0.717, 1.165) is 4.90 Å². The zero-order valence-corrected chi connectivity index (χ0v) is 10.4. The van der Waals surface area contributed by atoms with Gasteiger partial charge in [-0.3, -0.25) is 4.79 Å². The highest BCUT2D eigenvalue weighted by molar-refractivity contribution is 7.99. The maximum atomic E-state index is 11.4. The fourth-order valence-corrected chi connectivity index (χ4v) is 1.95. The molecule has 4 heteroatoms. The number of hydrogen-bond acceptors (Lipinski definition) is 4. The summed E-state index contributed by atoms with van der Waals surface area (Å²) in [6.45, 7) is 3.63. The van der Waals surface area contributed by atoms with E-state index in [1.165, 1.54) is 0 Å². The Labute approximate surface area is 100 Å². The molecule has 1 unspecified atom stereocenters. The molecular weight excluding hydrogens is 222 g/mol. The van der Waals surface area contributed by atoms with Crippen molar-refractivity contribution in [2.24, 2.45) is 5.73 Å². The fraction of sp³-hybridized carbons (Fsp3) is 0.417. The standard InChI is InChI=1S/C12H17NO2S/c1-9(2)15-12(14)11(13)8-16-10-6-4-3-5-7-10/h3-7,9,11H,8,13H2,1-2H3. The molecule has 0 radical (unpaired) electrons. The number of carbonyl (C=O) groups excluding carboxylic acids is 1. The minimum atomic E-state index is -0.562. The van der Waals surface area contributed by atoms with Crippen LogP contribution in [0.5, 0.6) is 0 Å². The van der Waals surface area contributed by atoms with Crippen molar-refractivity contribution in [2.75, 3.05) is 5.75 Å². The molecule has 0 aliphatic heterocycles. The lowest BCUT2D eigenvalue weighted by molar-refractivity contribution is -0.148. The molecule has 0 spiro atoms. The highest BCUT2D eigenvalue weighted by Crippen LogP contribution is 2.17. The third-order valence-corrected chi connectivity index (χ3v) is 2.96. The summed E-state index contributed by atoms with van der Waals surface area (Å²) in [6.07, 6.45) is -0.111. The molecule has 16 heavy (non-hydrogen) atoms. The van der Waals surface area contributed by atoms with Gasteiger partial charge in [0.05, 0.1) is 6.10 Å². The summed E-state index contributed by atoms with van der Waals surface area (Å²) in [5.41, 5.74) is 5.72. The normalized spacial score (nSPS) is 12.5. The van der Waals surface area contributed by atoms with Crippen LogP contribution < -0.4 is 5.73 Å². The highest BCUT2D eigenvalue weighted by atomic mass is 32.2. The van der Waals surface area contributed by atoms with Gasteiger partial charge in [0.15, 0.2) is 0 Å². The molecule has 88 valence electrons. The monoisotopic (exact) mass is 239 g/mol. The lowest BCUT2D eigenvalue weighted by atomic mass is 10.3. The number of nitrogens with two attached hydrogens (primary N) is 1. The molecule has 1 aromatic carbocycles. The third-order valence-electron chi connectivity index (χ3n) is 1.83. The molecule has 0 heterocycles. The van der Waals surface area contributed by atoms with Crippen molar-refractivity contribution in [1.29, 1.82) is 0 Å². The lowest BCUT2D eigenvalue weighted by Crippen LogP contribution is -2.35. The van der Waals surface area contributed by atoms with Crippen LogP contribution in [0.25, 0.3) is 0 Å². The Kier molecular flexibility index (Phi) is 5.35. The molecule has 0 amide bonds. The summed E-state index contributed by atoms with van der Waals surface area (Å²) in [7, 11) is 0. The van der Waals surface area contributed by atoms with Gasteiger partial charge < -0.3 is 10.5 Å². The van der Waals surface area contributed by atoms with E-state index in [4.69, 9.17) is 10.5 Å². The van der Waals surface area contributed by atoms with Gasteiger partial charge in [-0.15, -0.1) is 11.8 Å². The maximum absolute atomic E-state index is 11.4. The number of hydrogen-bond donors (Lipinski definition) is 1. The van der Waals surface area contributed by atoms with E-state index in [1.807, 2.05) is 44.2 Å². The van der Waals surface area contributed by atoms with Crippen LogP contribution in [0, 0.1) is 0 Å². The van der Waals surface area contributed by atoms with E-state index in [-0.39, 0.29) is 12.1 Å². The van der Waals surface area contributed by atoms with Crippen molar-refractivity contribution < 1.29 is 9.53 Å². The topological polar surface area (TPSA) is 52.3 Å². The predicted octanol–water partition coefficient (Wildman–Crippen LogP) is 2.06. The number of carbonyl (C=O) groups is 1. The quantitative estimate of drug-likeness (QED) is 0.631. The van der Waals surface area contributed by atoms with E-state index < -0.39 is 6.04 Å². The Balaban J connectivity index is 2.35. The largest absolute Gasteiger partial charge is 0.462 e. The van der Waals surface area contributed by atoms with Crippen LogP contribution in [0.3, 0.4) is 0 Å². The number of benzene rings is 1. The maximum Gasteiger partial charge on any atom is 0.324 e. The number of esters is 1. The summed E-state index contributed by atoms with van der Waals surface area (Å²) >= 11 is 1.56. The van der Waals surface area contributed by atoms with Crippen molar-refractivity contribution in [1.82, 2.24) is 0 Å². The lowest BCUT2D eigenvalue weighted by Gasteiger charge is -2.13. The number of thioether (sulfide) groups is 1. The van der Waals surface area contributed by atoms with Crippen molar-refractivity contribution in [3.8, 4) is 0 Å². The first-order valence-electron chi connectivity index (χ1n) is 5.23. The number of ether oxygens (including phenoxy) is 1. The molecule has 0 bridgehead atoms. The van der Waals surface area contributed by atoms with Crippen molar-refractivity contribution in [3.63, 3.8) is 0 Å². The zero-order chi connectivity index (χ0) is 12.0. The Bertz CT molecular complexity index is 327. The average molecular weight is 239 g/mol. The first kappa shape index (κ1) is 13.1. The predicted molar refractivity (Wildman–Crippen MR) is 66.4 cm³/mol. The van der Waals surface area contributed by atoms with Gasteiger partial charge in [0.1, 0.15) is 6.04 Å². The van der Waals surface area contributed by atoms with Gasteiger partial charge in [0.25, 0.3) is 0 Å². The van der Waals surface area contributed by atoms with E-state index in [1.54, 1.807) is 11.8 Å². The van der Waals surface area contributed by atoms with Gasteiger partial charge in [0, 0.05) is 10.6 Å². The fourth-order valence-electron chi connectivity index (χ4n) is 1.09. The molecule has 0 fully saturated rings. The molecule has 1 rings (SSSR count). The van der Waals surface area contributed by atoms with E-state index in [9.17, 15) is 4.79 Å². The van der Waals surface area contributed by atoms with E-state index >= 15 is 0 Å². The molecule has 3 nitrogen and oxygen atoms in total. The van der Waals surface area contributed by atoms with E-state index in [2.05, 4.69) is 0 Å². The second kappa shape index (κ2) is 6.55. The van der Waals surface area contributed by atoms with Gasteiger partial charge >= 0.3 is 5.97 Å². The molecular formula is C12H17NO2S. The van der Waals surface area contributed by atoms with Crippen LogP contribution in [0.15, 0.2) is 35.2 Å². The van der Waals surface area contributed by atoms with Crippen LogP contribution in [0.1, 0.15) is 13.8 Å². The molecule has 0 saturated heterocycles. The van der Waals surface area contributed by atoms with Crippen molar-refractivity contribution in [3.05, 3.63) is 30.3 Å². The van der Waals surface area contributed by atoms with Crippen LogP contribution in [-0.2, 0) is 9.53 Å². The minimum Gasteiger partial charge on any atom is -0.462 e. The minimum absolute atomic E-state index is 0.111. The molecule has 1 aromatic rings. The zero-order valence-electron chi connectivity index (χ0n) is 9.55. The molecule has 1 atom stereocenters. The van der Waals surface area contributed by atoms with Gasteiger partial charge in [0.2, 0.25) is 0 Å². The van der Waals surface area contributed by atoms with Crippen molar-refractivity contribution in [2.45, 2.75) is 30.9 Å². The Morgan fingerprint density at radius 1 is 1.38 bits per heavy atom.